The van der Waals surface area contributed by atoms with Gasteiger partial charge in [-0.15, -0.1) is 0 Å². The van der Waals surface area contributed by atoms with E-state index < -0.39 is 22.0 Å². The van der Waals surface area contributed by atoms with Crippen molar-refractivity contribution in [2.24, 2.45) is 0 Å². The van der Waals surface area contributed by atoms with Gasteiger partial charge in [0.25, 0.3) is 0 Å². The Hall–Kier alpha value is -3.11. The molecule has 3 aromatic rings. The smallest absolute Gasteiger partial charge is 0.242 e. The normalized spacial score (nSPS) is 12.5. The summed E-state index contributed by atoms with van der Waals surface area (Å²) in [5.74, 6) is 0.0399. The lowest BCUT2D eigenvalue weighted by atomic mass is 10.3. The van der Waals surface area contributed by atoms with E-state index in [1.165, 1.54) is 42.6 Å². The molecule has 2 N–H and O–H groups in total. The average Bonchev–Trinajstić information content (AvgIpc) is 3.17. The molecule has 0 radical (unpaired) electrons. The van der Waals surface area contributed by atoms with Crippen molar-refractivity contribution in [3.05, 3.63) is 61.3 Å². The number of aromatic nitrogens is 4. The standard InChI is InChI=1S/C16H16N6O3S/c1-12(21-26(24,25)14-5-3-2-4-6-14)16(23)20-13-7-8-15(18-9-13)22-11-17-10-19-22/h2-12,21H,1H3,(H,20,23)/t12-/m0/s1. The molecule has 0 unspecified atom stereocenters. The first kappa shape index (κ1) is 17.7. The molecule has 3 rings (SSSR count). The number of hydrogen-bond acceptors (Lipinski definition) is 6. The van der Waals surface area contributed by atoms with Crippen molar-refractivity contribution in [3.63, 3.8) is 0 Å². The quantitative estimate of drug-likeness (QED) is 0.665. The maximum Gasteiger partial charge on any atom is 0.242 e. The fourth-order valence-corrected chi connectivity index (χ4v) is 3.35. The molecule has 0 aliphatic rings. The van der Waals surface area contributed by atoms with E-state index in [2.05, 4.69) is 25.1 Å². The second kappa shape index (κ2) is 7.42. The molecular weight excluding hydrogens is 356 g/mol. The molecule has 1 aromatic carbocycles. The number of anilines is 1. The van der Waals surface area contributed by atoms with Crippen LogP contribution in [0.15, 0.2) is 66.2 Å². The highest BCUT2D eigenvalue weighted by molar-refractivity contribution is 7.89. The number of hydrogen-bond donors (Lipinski definition) is 2. The Morgan fingerprint density at radius 2 is 1.92 bits per heavy atom. The summed E-state index contributed by atoms with van der Waals surface area (Å²) in [6.07, 6.45) is 4.34. The predicted molar refractivity (Wildman–Crippen MR) is 94.0 cm³/mol. The molecule has 0 fully saturated rings. The molecule has 1 atom stereocenters. The number of amides is 1. The van der Waals surface area contributed by atoms with Gasteiger partial charge in [0, 0.05) is 0 Å². The van der Waals surface area contributed by atoms with Crippen LogP contribution in [0.1, 0.15) is 6.92 Å². The minimum Gasteiger partial charge on any atom is -0.323 e. The van der Waals surface area contributed by atoms with Crippen molar-refractivity contribution in [1.29, 1.82) is 0 Å². The van der Waals surface area contributed by atoms with Crippen molar-refractivity contribution >= 4 is 21.6 Å². The van der Waals surface area contributed by atoms with E-state index >= 15 is 0 Å². The van der Waals surface area contributed by atoms with Crippen molar-refractivity contribution in [3.8, 4) is 5.82 Å². The minimum atomic E-state index is -3.78. The lowest BCUT2D eigenvalue weighted by Gasteiger charge is -2.14. The number of pyridine rings is 1. The van der Waals surface area contributed by atoms with Crippen LogP contribution in [0.25, 0.3) is 5.82 Å². The van der Waals surface area contributed by atoms with Gasteiger partial charge in [-0.3, -0.25) is 4.79 Å². The van der Waals surface area contributed by atoms with E-state index in [0.29, 0.717) is 11.5 Å². The van der Waals surface area contributed by atoms with E-state index in [1.807, 2.05) is 0 Å². The molecule has 0 saturated heterocycles. The number of rotatable bonds is 6. The predicted octanol–water partition coefficient (Wildman–Crippen LogP) is 0.968. The lowest BCUT2D eigenvalue weighted by molar-refractivity contribution is -0.117. The molecule has 0 bridgehead atoms. The first-order chi connectivity index (χ1) is 12.5. The summed E-state index contributed by atoms with van der Waals surface area (Å²) in [5, 5.41) is 6.57. The summed E-state index contributed by atoms with van der Waals surface area (Å²) in [4.78, 5) is 20.3. The Bertz CT molecular complexity index is 973. The highest BCUT2D eigenvalue weighted by Gasteiger charge is 2.21. The first-order valence-corrected chi connectivity index (χ1v) is 9.13. The Balaban J connectivity index is 1.64. The Morgan fingerprint density at radius 3 is 2.54 bits per heavy atom. The molecule has 2 heterocycles. The molecule has 0 aliphatic carbocycles. The molecule has 134 valence electrons. The van der Waals surface area contributed by atoms with Crippen LogP contribution >= 0.6 is 0 Å². The summed E-state index contributed by atoms with van der Waals surface area (Å²) in [5.41, 5.74) is 0.435. The van der Waals surface area contributed by atoms with Crippen LogP contribution < -0.4 is 10.0 Å². The average molecular weight is 372 g/mol. The zero-order valence-corrected chi connectivity index (χ0v) is 14.6. The number of nitrogens with one attached hydrogen (secondary N) is 2. The van der Waals surface area contributed by atoms with Crippen LogP contribution in [0.3, 0.4) is 0 Å². The first-order valence-electron chi connectivity index (χ1n) is 7.65. The van der Waals surface area contributed by atoms with Crippen LogP contribution in [0.4, 0.5) is 5.69 Å². The third kappa shape index (κ3) is 4.10. The van der Waals surface area contributed by atoms with Gasteiger partial charge in [0.2, 0.25) is 15.9 Å². The fraction of sp³-hybridized carbons (Fsp3) is 0.125. The third-order valence-electron chi connectivity index (χ3n) is 3.45. The fourth-order valence-electron chi connectivity index (χ4n) is 2.13. The summed E-state index contributed by atoms with van der Waals surface area (Å²) < 4.78 is 28.3. The van der Waals surface area contributed by atoms with E-state index in [0.717, 1.165) is 0 Å². The van der Waals surface area contributed by atoms with E-state index in [-0.39, 0.29) is 4.90 Å². The number of carbonyl (C=O) groups excluding carboxylic acids is 1. The second-order valence-electron chi connectivity index (χ2n) is 5.39. The summed E-state index contributed by atoms with van der Waals surface area (Å²) in [6, 6.07) is 10.2. The molecule has 26 heavy (non-hydrogen) atoms. The highest BCUT2D eigenvalue weighted by Crippen LogP contribution is 2.11. The van der Waals surface area contributed by atoms with Gasteiger partial charge in [0.1, 0.15) is 12.7 Å². The van der Waals surface area contributed by atoms with Gasteiger partial charge in [0.15, 0.2) is 5.82 Å². The van der Waals surface area contributed by atoms with Crippen LogP contribution in [0.2, 0.25) is 0 Å². The van der Waals surface area contributed by atoms with Crippen molar-refractivity contribution < 1.29 is 13.2 Å². The Labute approximate surface area is 150 Å². The number of nitrogens with zero attached hydrogens (tertiary/aromatic N) is 4. The van der Waals surface area contributed by atoms with Crippen LogP contribution in [-0.2, 0) is 14.8 Å². The second-order valence-corrected chi connectivity index (χ2v) is 7.10. The molecule has 2 aromatic heterocycles. The topological polar surface area (TPSA) is 119 Å². The van der Waals surface area contributed by atoms with Crippen LogP contribution in [0.5, 0.6) is 0 Å². The van der Waals surface area contributed by atoms with Gasteiger partial charge in [-0.25, -0.2) is 23.1 Å². The zero-order chi connectivity index (χ0) is 18.6. The zero-order valence-electron chi connectivity index (χ0n) is 13.8. The number of sulfonamides is 1. The molecule has 0 spiro atoms. The van der Waals surface area contributed by atoms with Crippen LogP contribution in [-0.4, -0.2) is 40.1 Å². The van der Waals surface area contributed by atoms with Gasteiger partial charge in [0.05, 0.1) is 22.8 Å². The largest absolute Gasteiger partial charge is 0.323 e. The van der Waals surface area contributed by atoms with Gasteiger partial charge in [-0.1, -0.05) is 18.2 Å². The SMILES string of the molecule is C[C@H](NS(=O)(=O)c1ccccc1)C(=O)Nc1ccc(-n2cncn2)nc1. The number of benzene rings is 1. The summed E-state index contributed by atoms with van der Waals surface area (Å²) >= 11 is 0. The summed E-state index contributed by atoms with van der Waals surface area (Å²) in [7, 11) is -3.78. The monoisotopic (exact) mass is 372 g/mol. The van der Waals surface area contributed by atoms with Crippen LogP contribution in [0, 0.1) is 0 Å². The van der Waals surface area contributed by atoms with Crippen molar-refractivity contribution in [2.75, 3.05) is 5.32 Å². The molecule has 0 aliphatic heterocycles. The van der Waals surface area contributed by atoms with E-state index in [1.54, 1.807) is 30.3 Å². The highest BCUT2D eigenvalue weighted by atomic mass is 32.2. The molecule has 1 amide bonds. The number of carbonyl (C=O) groups is 1. The van der Waals surface area contributed by atoms with E-state index in [4.69, 9.17) is 0 Å². The Morgan fingerprint density at radius 1 is 1.15 bits per heavy atom. The summed E-state index contributed by atoms with van der Waals surface area (Å²) in [6.45, 7) is 1.47. The molecular formula is C16H16N6O3S. The molecule has 9 nitrogen and oxygen atoms in total. The van der Waals surface area contributed by atoms with Crippen molar-refractivity contribution in [2.45, 2.75) is 17.9 Å². The van der Waals surface area contributed by atoms with Gasteiger partial charge >= 0.3 is 0 Å². The third-order valence-corrected chi connectivity index (χ3v) is 5.00. The van der Waals surface area contributed by atoms with Crippen molar-refractivity contribution in [1.82, 2.24) is 24.5 Å². The lowest BCUT2D eigenvalue weighted by Crippen LogP contribution is -2.41. The minimum absolute atomic E-state index is 0.0958. The van der Waals surface area contributed by atoms with Gasteiger partial charge in [-0.05, 0) is 31.2 Å². The maximum absolute atomic E-state index is 12.3. The van der Waals surface area contributed by atoms with E-state index in [9.17, 15) is 13.2 Å². The van der Waals surface area contributed by atoms with Gasteiger partial charge in [-0.2, -0.15) is 9.82 Å². The van der Waals surface area contributed by atoms with Gasteiger partial charge < -0.3 is 5.32 Å². The molecule has 0 saturated carbocycles. The Kier molecular flexibility index (Phi) is 5.05. The maximum atomic E-state index is 12.3. The molecule has 10 heteroatoms.